The molecule has 1 fully saturated rings. The van der Waals surface area contributed by atoms with E-state index in [0.717, 1.165) is 25.9 Å². The Morgan fingerprint density at radius 3 is 3.00 bits per heavy atom. The normalized spacial score (nSPS) is 19.5. The highest BCUT2D eigenvalue weighted by molar-refractivity contribution is 5.91. The van der Waals surface area contributed by atoms with Crippen molar-refractivity contribution in [2.24, 2.45) is 5.92 Å². The Morgan fingerprint density at radius 1 is 1.56 bits per heavy atom. The summed E-state index contributed by atoms with van der Waals surface area (Å²) in [6.45, 7) is 2.74. The van der Waals surface area contributed by atoms with Crippen LogP contribution in [0.25, 0.3) is 0 Å². The molecule has 6 heteroatoms. The van der Waals surface area contributed by atoms with Crippen molar-refractivity contribution in [2.45, 2.75) is 12.8 Å². The van der Waals surface area contributed by atoms with Crippen molar-refractivity contribution in [3.63, 3.8) is 0 Å². The molecule has 1 aromatic rings. The molecule has 1 atom stereocenters. The van der Waals surface area contributed by atoms with Gasteiger partial charge in [0.05, 0.1) is 0 Å². The van der Waals surface area contributed by atoms with Crippen molar-refractivity contribution in [1.29, 1.82) is 0 Å². The first-order chi connectivity index (χ1) is 8.66. The van der Waals surface area contributed by atoms with Crippen LogP contribution in [0.5, 0.6) is 0 Å². The minimum atomic E-state index is -0.300. The van der Waals surface area contributed by atoms with Crippen molar-refractivity contribution in [2.75, 3.05) is 26.7 Å². The van der Waals surface area contributed by atoms with Gasteiger partial charge < -0.3 is 10.2 Å². The van der Waals surface area contributed by atoms with Crippen LogP contribution >= 0.6 is 0 Å². The zero-order valence-electron chi connectivity index (χ0n) is 10.5. The zero-order valence-corrected chi connectivity index (χ0v) is 10.5. The number of carbonyl (C=O) groups excluding carboxylic acids is 1. The van der Waals surface area contributed by atoms with Crippen LogP contribution in [-0.4, -0.2) is 47.7 Å². The molecule has 1 unspecified atom stereocenters. The second-order valence-corrected chi connectivity index (χ2v) is 4.70. The fourth-order valence-electron chi connectivity index (χ4n) is 2.21. The van der Waals surface area contributed by atoms with E-state index in [1.54, 1.807) is 11.9 Å². The molecule has 1 aromatic heterocycles. The smallest absolute Gasteiger partial charge is 0.274 e. The summed E-state index contributed by atoms with van der Waals surface area (Å²) in [7, 11) is 1.77. The summed E-state index contributed by atoms with van der Waals surface area (Å²) in [5, 5.41) is 9.35. The average Bonchev–Trinajstić information content (AvgIpc) is 2.40. The molecule has 98 valence electrons. The van der Waals surface area contributed by atoms with Gasteiger partial charge in [-0.15, -0.1) is 0 Å². The summed E-state index contributed by atoms with van der Waals surface area (Å²) in [6.07, 6.45) is 2.30. The molecule has 1 aliphatic heterocycles. The van der Waals surface area contributed by atoms with Crippen molar-refractivity contribution in [3.8, 4) is 0 Å². The SMILES string of the molecule is CN(CC1CCCNC1)C(=O)c1ccc(=O)[nH]n1. The largest absolute Gasteiger partial charge is 0.340 e. The molecule has 2 N–H and O–H groups in total. The third-order valence-electron chi connectivity index (χ3n) is 3.18. The quantitative estimate of drug-likeness (QED) is 0.781. The average molecular weight is 250 g/mol. The molecule has 0 aromatic carbocycles. The molecule has 1 amide bonds. The van der Waals surface area contributed by atoms with Gasteiger partial charge in [-0.1, -0.05) is 0 Å². The third-order valence-corrected chi connectivity index (χ3v) is 3.18. The van der Waals surface area contributed by atoms with Gasteiger partial charge in [-0.05, 0) is 37.9 Å². The molecule has 2 rings (SSSR count). The molecular weight excluding hydrogens is 232 g/mol. The van der Waals surface area contributed by atoms with Gasteiger partial charge >= 0.3 is 0 Å². The Kier molecular flexibility index (Phi) is 4.09. The lowest BCUT2D eigenvalue weighted by Gasteiger charge is -2.27. The molecule has 0 bridgehead atoms. The fourth-order valence-corrected chi connectivity index (χ4v) is 2.21. The van der Waals surface area contributed by atoms with Gasteiger partial charge in [0.15, 0.2) is 0 Å². The van der Waals surface area contributed by atoms with Gasteiger partial charge in [-0.25, -0.2) is 5.10 Å². The van der Waals surface area contributed by atoms with E-state index in [-0.39, 0.29) is 17.2 Å². The first-order valence-electron chi connectivity index (χ1n) is 6.19. The summed E-state index contributed by atoms with van der Waals surface area (Å²) in [5.41, 5.74) is -0.0217. The number of piperidine rings is 1. The number of aromatic nitrogens is 2. The maximum atomic E-state index is 12.1. The van der Waals surface area contributed by atoms with Crippen LogP contribution < -0.4 is 10.9 Å². The fraction of sp³-hybridized carbons (Fsp3) is 0.583. The molecule has 0 saturated carbocycles. The monoisotopic (exact) mass is 250 g/mol. The van der Waals surface area contributed by atoms with Crippen LogP contribution in [0, 0.1) is 5.92 Å². The number of H-pyrrole nitrogens is 1. The standard InChI is InChI=1S/C12H18N4O2/c1-16(8-9-3-2-6-13-7-9)12(18)10-4-5-11(17)15-14-10/h4-5,9,13H,2-3,6-8H2,1H3,(H,15,17). The highest BCUT2D eigenvalue weighted by Gasteiger charge is 2.19. The maximum Gasteiger partial charge on any atom is 0.274 e. The molecule has 0 spiro atoms. The summed E-state index contributed by atoms with van der Waals surface area (Å²) < 4.78 is 0. The summed E-state index contributed by atoms with van der Waals surface area (Å²) in [4.78, 5) is 24.6. The Balaban J connectivity index is 1.95. The number of carbonyl (C=O) groups is 1. The van der Waals surface area contributed by atoms with Crippen molar-refractivity contribution >= 4 is 5.91 Å². The highest BCUT2D eigenvalue weighted by Crippen LogP contribution is 2.11. The highest BCUT2D eigenvalue weighted by atomic mass is 16.2. The molecule has 6 nitrogen and oxygen atoms in total. The van der Waals surface area contributed by atoms with E-state index in [1.165, 1.54) is 12.1 Å². The second kappa shape index (κ2) is 5.77. The number of amides is 1. The predicted molar refractivity (Wildman–Crippen MR) is 67.4 cm³/mol. The minimum Gasteiger partial charge on any atom is -0.340 e. The molecular formula is C12H18N4O2. The number of hydrogen-bond acceptors (Lipinski definition) is 4. The van der Waals surface area contributed by atoms with E-state index in [9.17, 15) is 9.59 Å². The van der Waals surface area contributed by atoms with Gasteiger partial charge in [0.2, 0.25) is 0 Å². The molecule has 18 heavy (non-hydrogen) atoms. The van der Waals surface area contributed by atoms with Crippen LogP contribution in [0.3, 0.4) is 0 Å². The summed E-state index contributed by atoms with van der Waals surface area (Å²) in [6, 6.07) is 2.77. The summed E-state index contributed by atoms with van der Waals surface area (Å²) >= 11 is 0. The maximum absolute atomic E-state index is 12.1. The second-order valence-electron chi connectivity index (χ2n) is 4.70. The van der Waals surface area contributed by atoms with Crippen LogP contribution in [-0.2, 0) is 0 Å². The van der Waals surface area contributed by atoms with Crippen LogP contribution in [0.2, 0.25) is 0 Å². The van der Waals surface area contributed by atoms with E-state index in [1.807, 2.05) is 0 Å². The lowest BCUT2D eigenvalue weighted by molar-refractivity contribution is 0.0757. The third kappa shape index (κ3) is 3.16. The van der Waals surface area contributed by atoms with E-state index in [2.05, 4.69) is 15.5 Å². The van der Waals surface area contributed by atoms with Crippen LogP contribution in [0.15, 0.2) is 16.9 Å². The minimum absolute atomic E-state index is 0.156. The molecule has 0 aliphatic carbocycles. The van der Waals surface area contributed by atoms with Gasteiger partial charge in [0.1, 0.15) is 5.69 Å². The van der Waals surface area contributed by atoms with Crippen LogP contribution in [0.1, 0.15) is 23.3 Å². The van der Waals surface area contributed by atoms with E-state index in [4.69, 9.17) is 0 Å². The number of aromatic amines is 1. The Morgan fingerprint density at radius 2 is 2.39 bits per heavy atom. The van der Waals surface area contributed by atoms with Gasteiger partial charge in [0, 0.05) is 19.7 Å². The number of nitrogens with one attached hydrogen (secondary N) is 2. The molecule has 1 saturated heterocycles. The number of hydrogen-bond donors (Lipinski definition) is 2. The van der Waals surface area contributed by atoms with Crippen molar-refractivity contribution < 1.29 is 4.79 Å². The Hall–Kier alpha value is -1.69. The summed E-state index contributed by atoms with van der Waals surface area (Å²) in [5.74, 6) is 0.340. The predicted octanol–water partition coefficient (Wildman–Crippen LogP) is -0.158. The number of nitrogens with zero attached hydrogens (tertiary/aromatic N) is 2. The van der Waals surface area contributed by atoms with E-state index >= 15 is 0 Å². The topological polar surface area (TPSA) is 78.1 Å². The van der Waals surface area contributed by atoms with Gasteiger partial charge in [-0.2, -0.15) is 5.10 Å². The zero-order chi connectivity index (χ0) is 13.0. The number of rotatable bonds is 3. The van der Waals surface area contributed by atoms with E-state index in [0.29, 0.717) is 12.5 Å². The van der Waals surface area contributed by atoms with E-state index < -0.39 is 0 Å². The van der Waals surface area contributed by atoms with Crippen LogP contribution in [0.4, 0.5) is 0 Å². The lowest BCUT2D eigenvalue weighted by Crippen LogP contribution is -2.39. The van der Waals surface area contributed by atoms with Crippen molar-refractivity contribution in [1.82, 2.24) is 20.4 Å². The van der Waals surface area contributed by atoms with Gasteiger partial charge in [0.25, 0.3) is 11.5 Å². The van der Waals surface area contributed by atoms with Gasteiger partial charge in [-0.3, -0.25) is 9.59 Å². The first kappa shape index (κ1) is 12.8. The van der Waals surface area contributed by atoms with Crippen molar-refractivity contribution in [3.05, 3.63) is 28.2 Å². The Labute approximate surface area is 105 Å². The Bertz CT molecular complexity index is 445. The molecule has 1 aliphatic rings. The first-order valence-corrected chi connectivity index (χ1v) is 6.19. The molecule has 0 radical (unpaired) electrons. The lowest BCUT2D eigenvalue weighted by atomic mass is 9.99. The molecule has 2 heterocycles.